The maximum absolute atomic E-state index is 15.1. The summed E-state index contributed by atoms with van der Waals surface area (Å²) >= 11 is 13.4. The van der Waals surface area contributed by atoms with E-state index < -0.39 is 29.6 Å². The summed E-state index contributed by atoms with van der Waals surface area (Å²) < 4.78 is 30.1. The van der Waals surface area contributed by atoms with Crippen molar-refractivity contribution in [3.8, 4) is 0 Å². The lowest BCUT2D eigenvalue weighted by Gasteiger charge is -2.41. The molecule has 3 fully saturated rings. The quantitative estimate of drug-likeness (QED) is 0.358. The minimum absolute atomic E-state index is 0.00233. The number of piperazine rings is 1. The van der Waals surface area contributed by atoms with Gasteiger partial charge in [-0.05, 0) is 68.3 Å². The highest BCUT2D eigenvalue weighted by molar-refractivity contribution is 8.18. The number of fused-ring (bicyclic) bond motifs is 1. The SMILES string of the molecule is CC(C)C1=C(C(=O)N2C[C@H](F)C[C@H]2C(=O)N2CCN(C)C3(CC3)C2)SC2=N[C@@](C)(c3ccc(Cl)nc3)[C@@H](c3ccc(Cl)c(F)c3)N21. The molecule has 0 bridgehead atoms. The molecule has 8 nitrogen and oxygen atoms in total. The molecule has 1 aliphatic carbocycles. The van der Waals surface area contributed by atoms with Gasteiger partial charge in [-0.2, -0.15) is 0 Å². The van der Waals surface area contributed by atoms with E-state index in [0.717, 1.165) is 24.9 Å². The lowest BCUT2D eigenvalue weighted by atomic mass is 9.81. The number of hydrogen-bond acceptors (Lipinski definition) is 7. The van der Waals surface area contributed by atoms with E-state index in [-0.39, 0.29) is 41.3 Å². The maximum Gasteiger partial charge on any atom is 0.263 e. The number of nitrogens with zero attached hydrogens (tertiary/aromatic N) is 6. The molecule has 7 rings (SSSR count). The van der Waals surface area contributed by atoms with Crippen LogP contribution in [0.15, 0.2) is 52.1 Å². The standard InChI is InChI=1S/C33H36Cl2F2N6O2S/c1-18(2)26-27(30(45)42-16-21(36)14-24(42)29(44)41-12-11-40(4)33(17-41)9-10-33)46-31-39-32(3,20-6-8-25(35)38-15-20)28(43(26)31)19-5-7-22(34)23(37)13-19/h5-8,13,15,18,21,24,28H,9-12,14,16-17H2,1-4H3/t21-,24+,28-,32+/m1/s1. The van der Waals surface area contributed by atoms with Gasteiger partial charge in [0.2, 0.25) is 5.91 Å². The second kappa shape index (κ2) is 11.5. The summed E-state index contributed by atoms with van der Waals surface area (Å²) in [6, 6.07) is 6.80. The number of aromatic nitrogens is 1. The van der Waals surface area contributed by atoms with Crippen molar-refractivity contribution < 1.29 is 18.4 Å². The minimum atomic E-state index is -1.29. The van der Waals surface area contributed by atoms with Crippen molar-refractivity contribution in [3.63, 3.8) is 0 Å². The molecule has 4 aliphatic heterocycles. The highest BCUT2D eigenvalue weighted by atomic mass is 35.5. The van der Waals surface area contributed by atoms with Crippen LogP contribution in [0.3, 0.4) is 0 Å². The molecule has 1 saturated carbocycles. The molecular formula is C33H36Cl2F2N6O2S. The van der Waals surface area contributed by atoms with Crippen molar-refractivity contribution in [1.29, 1.82) is 0 Å². The van der Waals surface area contributed by atoms with Gasteiger partial charge in [0.05, 0.1) is 17.6 Å². The summed E-state index contributed by atoms with van der Waals surface area (Å²) in [5, 5.41) is 0.906. The van der Waals surface area contributed by atoms with Crippen LogP contribution in [0.1, 0.15) is 57.2 Å². The number of benzene rings is 1. The summed E-state index contributed by atoms with van der Waals surface area (Å²) in [6.07, 6.45) is 2.43. The Morgan fingerprint density at radius 3 is 2.54 bits per heavy atom. The fraction of sp³-hybridized carbons (Fsp3) is 0.515. The molecule has 13 heteroatoms. The summed E-state index contributed by atoms with van der Waals surface area (Å²) in [5.41, 5.74) is 1.17. The molecule has 46 heavy (non-hydrogen) atoms. The van der Waals surface area contributed by atoms with Crippen LogP contribution >= 0.6 is 35.0 Å². The highest BCUT2D eigenvalue weighted by Crippen LogP contribution is 2.56. The molecule has 5 heterocycles. The smallest absolute Gasteiger partial charge is 0.263 e. The number of likely N-dealkylation sites (tertiary alicyclic amines) is 1. The third-order valence-electron chi connectivity index (χ3n) is 10.3. The summed E-state index contributed by atoms with van der Waals surface area (Å²) in [5.74, 6) is -1.28. The van der Waals surface area contributed by atoms with Gasteiger partial charge < -0.3 is 14.7 Å². The van der Waals surface area contributed by atoms with Crippen LogP contribution in [0.25, 0.3) is 0 Å². The number of amidine groups is 1. The highest BCUT2D eigenvalue weighted by Gasteiger charge is 2.56. The Bertz CT molecular complexity index is 1670. The number of thioether (sulfide) groups is 1. The largest absolute Gasteiger partial charge is 0.338 e. The lowest BCUT2D eigenvalue weighted by molar-refractivity contribution is -0.144. The van der Waals surface area contributed by atoms with Crippen LogP contribution in [0.4, 0.5) is 8.78 Å². The number of rotatable bonds is 5. The molecule has 0 radical (unpaired) electrons. The van der Waals surface area contributed by atoms with Gasteiger partial charge in [0.15, 0.2) is 5.17 Å². The molecule has 0 N–H and O–H groups in total. The first-order valence-electron chi connectivity index (χ1n) is 15.7. The third kappa shape index (κ3) is 5.13. The zero-order valence-corrected chi connectivity index (χ0v) is 28.5. The van der Waals surface area contributed by atoms with Crippen molar-refractivity contribution in [2.24, 2.45) is 10.9 Å². The predicted molar refractivity (Wildman–Crippen MR) is 176 cm³/mol. The number of carbonyl (C=O) groups is 2. The Morgan fingerprint density at radius 1 is 1.13 bits per heavy atom. The third-order valence-corrected chi connectivity index (χ3v) is 11.8. The number of halogens is 4. The summed E-state index contributed by atoms with van der Waals surface area (Å²) in [7, 11) is 2.09. The van der Waals surface area contributed by atoms with E-state index in [4.69, 9.17) is 28.2 Å². The molecule has 1 aromatic heterocycles. The molecule has 0 unspecified atom stereocenters. The molecule has 5 aliphatic rings. The molecule has 1 aromatic carbocycles. The molecule has 4 atom stereocenters. The van der Waals surface area contributed by atoms with E-state index in [1.807, 2.05) is 36.6 Å². The van der Waals surface area contributed by atoms with Crippen LogP contribution in [-0.4, -0.2) is 92.5 Å². The first kappa shape index (κ1) is 31.8. The molecule has 2 saturated heterocycles. The molecule has 244 valence electrons. The van der Waals surface area contributed by atoms with E-state index in [1.54, 1.807) is 18.3 Å². The second-order valence-corrected chi connectivity index (χ2v) is 15.3. The van der Waals surface area contributed by atoms with Crippen LogP contribution in [0.2, 0.25) is 10.2 Å². The second-order valence-electron chi connectivity index (χ2n) is 13.5. The normalized spacial score (nSPS) is 28.8. The van der Waals surface area contributed by atoms with Crippen molar-refractivity contribution in [2.75, 3.05) is 33.2 Å². The number of allylic oxidation sites excluding steroid dienone is 1. The van der Waals surface area contributed by atoms with Crippen molar-refractivity contribution >= 4 is 51.9 Å². The Morgan fingerprint density at radius 2 is 1.89 bits per heavy atom. The number of amides is 2. The number of pyridine rings is 1. The number of aliphatic imine (C=N–C) groups is 1. The predicted octanol–water partition coefficient (Wildman–Crippen LogP) is 6.02. The van der Waals surface area contributed by atoms with E-state index >= 15 is 4.39 Å². The lowest BCUT2D eigenvalue weighted by Crippen LogP contribution is -2.58. The zero-order valence-electron chi connectivity index (χ0n) is 26.1. The Labute approximate surface area is 281 Å². The molecule has 1 spiro atoms. The summed E-state index contributed by atoms with van der Waals surface area (Å²) in [6.45, 7) is 7.69. The molecule has 2 amide bonds. The van der Waals surface area contributed by atoms with Crippen LogP contribution < -0.4 is 0 Å². The van der Waals surface area contributed by atoms with Crippen LogP contribution in [0, 0.1) is 11.7 Å². The topological polar surface area (TPSA) is 72.4 Å². The van der Waals surface area contributed by atoms with E-state index in [0.29, 0.717) is 39.6 Å². The van der Waals surface area contributed by atoms with Gasteiger partial charge in [-0.15, -0.1) is 0 Å². The van der Waals surface area contributed by atoms with Crippen LogP contribution in [-0.2, 0) is 15.1 Å². The first-order chi connectivity index (χ1) is 21.8. The number of carbonyl (C=O) groups excluding carboxylic acids is 2. The number of likely N-dealkylation sites (N-methyl/N-ethyl adjacent to an activating group) is 1. The van der Waals surface area contributed by atoms with Gasteiger partial charge in [-0.1, -0.05) is 49.2 Å². The monoisotopic (exact) mass is 688 g/mol. The van der Waals surface area contributed by atoms with Gasteiger partial charge in [-0.3, -0.25) is 14.5 Å². The van der Waals surface area contributed by atoms with E-state index in [2.05, 4.69) is 16.9 Å². The van der Waals surface area contributed by atoms with Crippen molar-refractivity contribution in [3.05, 3.63) is 74.3 Å². The Hall–Kier alpha value is -2.73. The number of hydrogen-bond donors (Lipinski definition) is 0. The Balaban J connectivity index is 1.26. The molecular weight excluding hydrogens is 653 g/mol. The first-order valence-corrected chi connectivity index (χ1v) is 17.2. The van der Waals surface area contributed by atoms with Gasteiger partial charge in [0, 0.05) is 49.1 Å². The number of alkyl halides is 1. The Kier molecular flexibility index (Phi) is 7.93. The van der Waals surface area contributed by atoms with E-state index in [9.17, 15) is 14.0 Å². The fourth-order valence-electron chi connectivity index (χ4n) is 7.51. The average molecular weight is 690 g/mol. The van der Waals surface area contributed by atoms with Gasteiger partial charge in [0.25, 0.3) is 5.91 Å². The van der Waals surface area contributed by atoms with Crippen molar-refractivity contribution in [2.45, 2.75) is 69.4 Å². The van der Waals surface area contributed by atoms with Crippen LogP contribution in [0.5, 0.6) is 0 Å². The minimum Gasteiger partial charge on any atom is -0.338 e. The zero-order chi connectivity index (χ0) is 32.7. The fourth-order valence-corrected chi connectivity index (χ4v) is 9.10. The summed E-state index contributed by atoms with van der Waals surface area (Å²) in [4.78, 5) is 45.8. The van der Waals surface area contributed by atoms with Gasteiger partial charge in [0.1, 0.15) is 33.6 Å². The average Bonchev–Trinajstić information content (AvgIpc) is 3.38. The molecule has 2 aromatic rings. The van der Waals surface area contributed by atoms with Gasteiger partial charge in [-0.25, -0.2) is 18.8 Å². The van der Waals surface area contributed by atoms with E-state index in [1.165, 1.54) is 28.8 Å². The van der Waals surface area contributed by atoms with Crippen molar-refractivity contribution in [1.82, 2.24) is 24.6 Å². The van der Waals surface area contributed by atoms with Gasteiger partial charge >= 0.3 is 0 Å². The maximum atomic E-state index is 15.1.